The zero-order chi connectivity index (χ0) is 42.6. The molecular weight excluding hydrogens is 787 g/mol. The Hall–Kier alpha value is -6.53. The van der Waals surface area contributed by atoms with Crippen LogP contribution in [-0.4, -0.2) is 101 Å². The van der Waals surface area contributed by atoms with Crippen LogP contribution in [0.4, 0.5) is 0 Å². The Balaban J connectivity index is 0. The van der Waals surface area contributed by atoms with Crippen LogP contribution in [0.3, 0.4) is 0 Å². The lowest BCUT2D eigenvalue weighted by atomic mass is 10.0. The molecule has 3 N–H and O–H groups in total. The van der Waals surface area contributed by atoms with Gasteiger partial charge in [-0.1, -0.05) is 25.6 Å². The van der Waals surface area contributed by atoms with E-state index in [9.17, 15) is 19.2 Å². The maximum atomic E-state index is 11.5. The van der Waals surface area contributed by atoms with Crippen LogP contribution >= 0.6 is 11.6 Å². The number of carboxylic acid groups (broad SMARTS) is 2. The molecule has 0 unspecified atom stereocenters. The lowest BCUT2D eigenvalue weighted by molar-refractivity contribution is -0.138. The highest BCUT2D eigenvalue weighted by molar-refractivity contribution is 6.18. The highest BCUT2D eigenvalue weighted by atomic mass is 35.5. The van der Waals surface area contributed by atoms with Gasteiger partial charge >= 0.3 is 11.9 Å². The molecule has 0 spiro atoms. The smallest absolute Gasteiger partial charge is 0.306 e. The summed E-state index contributed by atoms with van der Waals surface area (Å²) < 4.78 is 35.8. The standard InChI is InChI=1S/C10H12O4.2C10H10O3.C7H8O2.C3H5ClO2.C2H2.CH4.B/c1-13-8-3-2-4-9(7-8)14-6-5-10(11)12;1-12-7-2-3-8-9(11)4-5-13-10(8)6-7;1-12-8-3-2-4-9-10(8)7(11)5-6-13-9;1-9-7-4-2-3-6(8)5-7;4-2-1-3(5)6;1-2;;/h2-4,7H,5-6H2,1H3,(H,11,12);2-3,6H,4-5H2,1H3;2-4H,5-6H2,1H3;2-5,8H,1H3;1-2H2,(H,5,6);1-2H;1H4;. The van der Waals surface area contributed by atoms with E-state index in [0.29, 0.717) is 77.4 Å². The Kier molecular flexibility index (Phi) is 29.2. The molecule has 2 aliphatic rings. The van der Waals surface area contributed by atoms with Crippen molar-refractivity contribution in [3.05, 3.63) is 96.1 Å². The van der Waals surface area contributed by atoms with E-state index in [0.717, 1.165) is 0 Å². The van der Waals surface area contributed by atoms with Gasteiger partial charge in [0, 0.05) is 45.3 Å². The molecule has 0 atom stereocenters. The first-order chi connectivity index (χ1) is 27.4. The van der Waals surface area contributed by atoms with Gasteiger partial charge in [-0.15, -0.1) is 24.4 Å². The van der Waals surface area contributed by atoms with Gasteiger partial charge in [0.2, 0.25) is 0 Å². The van der Waals surface area contributed by atoms with E-state index in [1.807, 2.05) is 6.07 Å². The van der Waals surface area contributed by atoms with E-state index >= 15 is 0 Å². The minimum atomic E-state index is -0.868. The van der Waals surface area contributed by atoms with Crippen molar-refractivity contribution in [2.75, 3.05) is 54.1 Å². The third-order valence-corrected chi connectivity index (χ3v) is 7.33. The number of carboxylic acids is 2. The number of carbonyl (C=O) groups is 4. The van der Waals surface area contributed by atoms with E-state index < -0.39 is 11.9 Å². The molecule has 0 amide bonds. The van der Waals surface area contributed by atoms with Gasteiger partial charge in [-0.3, -0.25) is 19.2 Å². The van der Waals surface area contributed by atoms with Crippen LogP contribution in [0.25, 0.3) is 0 Å². The van der Waals surface area contributed by atoms with Gasteiger partial charge in [0.05, 0.1) is 66.7 Å². The average Bonchev–Trinajstić information content (AvgIpc) is 3.22. The molecule has 14 nitrogen and oxygen atoms in total. The van der Waals surface area contributed by atoms with Gasteiger partial charge in [0.1, 0.15) is 51.6 Å². The number of methoxy groups -OCH3 is 4. The maximum absolute atomic E-state index is 11.5. The van der Waals surface area contributed by atoms with Gasteiger partial charge in [-0.05, 0) is 48.5 Å². The number of alkyl halides is 1. The Bertz CT molecular complexity index is 1870. The zero-order valence-electron chi connectivity index (χ0n) is 32.7. The molecule has 0 aliphatic carbocycles. The molecule has 0 saturated heterocycles. The first-order valence-corrected chi connectivity index (χ1v) is 17.6. The highest BCUT2D eigenvalue weighted by Crippen LogP contribution is 2.32. The van der Waals surface area contributed by atoms with Crippen LogP contribution in [0.5, 0.6) is 46.0 Å². The van der Waals surface area contributed by atoms with E-state index in [1.54, 1.807) is 107 Å². The molecule has 59 heavy (non-hydrogen) atoms. The fourth-order valence-corrected chi connectivity index (χ4v) is 4.62. The molecule has 4 aromatic rings. The monoisotopic (exact) mass is 837 g/mol. The quantitative estimate of drug-likeness (QED) is 0.0809. The molecule has 16 heteroatoms. The lowest BCUT2D eigenvalue weighted by Crippen LogP contribution is -2.16. The number of phenolic OH excluding ortho intramolecular Hbond substituents is 1. The number of Topliss-reactive ketones (excluding diaryl/α,β-unsaturated/α-hetero) is 2. The molecule has 6 rings (SSSR count). The molecule has 3 radical (unpaired) electrons. The van der Waals surface area contributed by atoms with Crippen molar-refractivity contribution in [1.29, 1.82) is 0 Å². The van der Waals surface area contributed by atoms with Crippen molar-refractivity contribution >= 4 is 43.5 Å². The average molecular weight is 838 g/mol. The molecule has 0 fully saturated rings. The van der Waals surface area contributed by atoms with Crippen LogP contribution in [0.2, 0.25) is 0 Å². The van der Waals surface area contributed by atoms with E-state index in [4.69, 9.17) is 60.1 Å². The molecule has 0 aromatic heterocycles. The van der Waals surface area contributed by atoms with Crippen molar-refractivity contribution in [2.45, 2.75) is 33.1 Å². The van der Waals surface area contributed by atoms with E-state index in [-0.39, 0.29) is 58.5 Å². The van der Waals surface area contributed by atoms with Crippen molar-refractivity contribution in [3.8, 4) is 58.8 Å². The van der Waals surface area contributed by atoms with Crippen molar-refractivity contribution in [3.63, 3.8) is 0 Å². The number of benzene rings is 4. The summed E-state index contributed by atoms with van der Waals surface area (Å²) in [4.78, 5) is 42.6. The molecular formula is C43H51BClO14. The number of terminal acetylenes is 1. The summed E-state index contributed by atoms with van der Waals surface area (Å²) in [6.45, 7) is 1.11. The number of halogens is 1. The van der Waals surface area contributed by atoms with Gasteiger partial charge in [-0.2, -0.15) is 0 Å². The van der Waals surface area contributed by atoms with Crippen LogP contribution in [0.15, 0.2) is 84.9 Å². The second kappa shape index (κ2) is 31.5. The normalized spacial score (nSPS) is 11.0. The molecule has 2 heterocycles. The number of aliphatic carboxylic acids is 2. The number of aromatic hydroxyl groups is 1. The first-order valence-electron chi connectivity index (χ1n) is 17.1. The summed E-state index contributed by atoms with van der Waals surface area (Å²) in [5.74, 6) is 3.53. The second-order valence-electron chi connectivity index (χ2n) is 10.9. The number of carbonyl (C=O) groups excluding carboxylic acids is 2. The second-order valence-corrected chi connectivity index (χ2v) is 11.3. The van der Waals surface area contributed by atoms with E-state index in [1.165, 1.54) is 0 Å². The summed E-state index contributed by atoms with van der Waals surface area (Å²) >= 11 is 5.02. The van der Waals surface area contributed by atoms with Crippen LogP contribution in [0.1, 0.15) is 53.8 Å². The molecule has 0 bridgehead atoms. The summed E-state index contributed by atoms with van der Waals surface area (Å²) in [7, 11) is 6.27. The van der Waals surface area contributed by atoms with Gasteiger partial charge in [0.25, 0.3) is 0 Å². The number of hydrogen-bond donors (Lipinski definition) is 3. The van der Waals surface area contributed by atoms with Gasteiger partial charge in [-0.25, -0.2) is 0 Å². The predicted molar refractivity (Wildman–Crippen MR) is 226 cm³/mol. The fraction of sp³-hybridized carbons (Fsp3) is 0.302. The third kappa shape index (κ3) is 21.0. The minimum absolute atomic E-state index is 0. The van der Waals surface area contributed by atoms with Gasteiger partial charge in [0.15, 0.2) is 11.6 Å². The summed E-state index contributed by atoms with van der Waals surface area (Å²) in [6, 6.07) is 24.3. The van der Waals surface area contributed by atoms with E-state index in [2.05, 4.69) is 12.8 Å². The Morgan fingerprint density at radius 2 is 1.20 bits per heavy atom. The molecule has 2 aliphatic heterocycles. The number of ketones is 2. The van der Waals surface area contributed by atoms with Crippen LogP contribution in [0, 0.1) is 12.8 Å². The summed E-state index contributed by atoms with van der Waals surface area (Å²) in [5, 5.41) is 25.1. The van der Waals surface area contributed by atoms with Crippen LogP contribution in [-0.2, 0) is 9.59 Å². The number of fused-ring (bicyclic) bond motifs is 2. The number of rotatable bonds is 10. The number of phenols is 1. The Morgan fingerprint density at radius 1 is 0.678 bits per heavy atom. The Labute approximate surface area is 352 Å². The first kappa shape index (κ1) is 54.6. The number of ether oxygens (including phenoxy) is 7. The SMILES string of the molecule is C.C#C.COc1ccc2c(c1)OCCC2=O.COc1cccc(O)c1.COc1cccc(OCCC(=O)O)c1.COc1cccc2c1C(=O)CCO2.O=C(O)CCCl.[B]. The largest absolute Gasteiger partial charge is 0.508 e. The van der Waals surface area contributed by atoms with Gasteiger partial charge < -0.3 is 48.5 Å². The molecule has 4 aromatic carbocycles. The van der Waals surface area contributed by atoms with Crippen LogP contribution < -0.4 is 33.2 Å². The summed E-state index contributed by atoms with van der Waals surface area (Å²) in [6.07, 6.45) is 8.96. The third-order valence-electron chi connectivity index (χ3n) is 7.14. The Morgan fingerprint density at radius 3 is 1.73 bits per heavy atom. The topological polar surface area (TPSA) is 194 Å². The number of hydrogen-bond acceptors (Lipinski definition) is 12. The lowest BCUT2D eigenvalue weighted by Gasteiger charge is -2.17. The predicted octanol–water partition coefficient (Wildman–Crippen LogP) is 7.47. The van der Waals surface area contributed by atoms with Crippen molar-refractivity contribution in [2.24, 2.45) is 0 Å². The zero-order valence-corrected chi connectivity index (χ0v) is 33.4. The minimum Gasteiger partial charge on any atom is -0.508 e. The maximum Gasteiger partial charge on any atom is 0.306 e. The highest BCUT2D eigenvalue weighted by Gasteiger charge is 2.22. The molecule has 0 saturated carbocycles. The fourth-order valence-electron chi connectivity index (χ4n) is 4.46. The summed E-state index contributed by atoms with van der Waals surface area (Å²) in [5.41, 5.74) is 1.24. The van der Waals surface area contributed by atoms with Crippen molar-refractivity contribution in [1.82, 2.24) is 0 Å². The van der Waals surface area contributed by atoms with Crippen molar-refractivity contribution < 1.29 is 67.7 Å². The molecule has 317 valence electrons.